The fourth-order valence-corrected chi connectivity index (χ4v) is 5.25. The van der Waals surface area contributed by atoms with Gasteiger partial charge in [-0.2, -0.15) is 0 Å². The minimum absolute atomic E-state index is 0.0188. The van der Waals surface area contributed by atoms with E-state index in [1.54, 1.807) is 24.0 Å². The molecule has 3 atom stereocenters. The fraction of sp³-hybridized carbons (Fsp3) is 0.385. The summed E-state index contributed by atoms with van der Waals surface area (Å²) in [5.41, 5.74) is 3.94. The molecule has 0 spiro atoms. The van der Waals surface area contributed by atoms with Crippen LogP contribution in [0.5, 0.6) is 11.5 Å². The lowest BCUT2D eigenvalue weighted by Crippen LogP contribution is -2.64. The molecule has 3 heterocycles. The van der Waals surface area contributed by atoms with E-state index in [1.807, 2.05) is 50.2 Å². The molecule has 0 radical (unpaired) electrons. The van der Waals surface area contributed by atoms with Gasteiger partial charge in [0.1, 0.15) is 12.6 Å². The molecule has 2 aliphatic heterocycles. The highest BCUT2D eigenvalue weighted by Gasteiger charge is 2.49. The van der Waals surface area contributed by atoms with Gasteiger partial charge in [0.05, 0.1) is 20.3 Å². The van der Waals surface area contributed by atoms with Crippen LogP contribution >= 0.6 is 0 Å². The molecule has 0 saturated carbocycles. The van der Waals surface area contributed by atoms with E-state index >= 15 is 0 Å². The van der Waals surface area contributed by atoms with Crippen LogP contribution < -0.4 is 9.47 Å². The highest BCUT2D eigenvalue weighted by molar-refractivity contribution is 5.97. The third-order valence-corrected chi connectivity index (χ3v) is 7.14. The second-order valence-electron chi connectivity index (χ2n) is 8.82. The fourth-order valence-electron chi connectivity index (χ4n) is 5.25. The van der Waals surface area contributed by atoms with Crippen molar-refractivity contribution in [3.05, 3.63) is 59.3 Å². The highest BCUT2D eigenvalue weighted by atomic mass is 16.5. The lowest BCUT2D eigenvalue weighted by atomic mass is 9.85. The number of fused-ring (bicyclic) bond motifs is 4. The van der Waals surface area contributed by atoms with Gasteiger partial charge in [-0.05, 0) is 42.7 Å². The van der Waals surface area contributed by atoms with E-state index in [9.17, 15) is 9.59 Å². The zero-order valence-electron chi connectivity index (χ0n) is 19.4. The number of carbonyl (C=O) groups excluding carboxylic acids is 2. The Morgan fingerprint density at radius 2 is 1.85 bits per heavy atom. The predicted octanol–water partition coefficient (Wildman–Crippen LogP) is 3.67. The van der Waals surface area contributed by atoms with Gasteiger partial charge in [0, 0.05) is 29.1 Å². The van der Waals surface area contributed by atoms with Gasteiger partial charge in [0.15, 0.2) is 11.5 Å². The lowest BCUT2D eigenvalue weighted by molar-refractivity contribution is -0.160. The monoisotopic (exact) mass is 447 g/mol. The van der Waals surface area contributed by atoms with Crippen LogP contribution in [0, 0.1) is 0 Å². The zero-order valence-corrected chi connectivity index (χ0v) is 19.4. The molecule has 2 amide bonds. The first-order valence-electron chi connectivity index (χ1n) is 11.4. The van der Waals surface area contributed by atoms with Crippen molar-refractivity contribution in [2.75, 3.05) is 20.8 Å². The Balaban J connectivity index is 1.70. The van der Waals surface area contributed by atoms with Gasteiger partial charge in [-0.3, -0.25) is 9.59 Å². The number of para-hydroxylation sites is 1. The largest absolute Gasteiger partial charge is 0.493 e. The van der Waals surface area contributed by atoms with E-state index in [2.05, 4.69) is 11.1 Å². The Bertz CT molecular complexity index is 1230. The summed E-state index contributed by atoms with van der Waals surface area (Å²) >= 11 is 0. The Labute approximate surface area is 193 Å². The number of piperazine rings is 1. The quantitative estimate of drug-likeness (QED) is 0.648. The molecule has 0 unspecified atom stereocenters. The number of ether oxygens (including phenoxy) is 2. The number of carbonyl (C=O) groups is 2. The molecule has 3 aromatic rings. The first-order valence-corrected chi connectivity index (χ1v) is 11.4. The van der Waals surface area contributed by atoms with Crippen LogP contribution in [0.15, 0.2) is 42.5 Å². The Kier molecular flexibility index (Phi) is 5.27. The van der Waals surface area contributed by atoms with E-state index < -0.39 is 12.1 Å². The summed E-state index contributed by atoms with van der Waals surface area (Å²) < 4.78 is 11.0. The Morgan fingerprint density at radius 3 is 2.58 bits per heavy atom. The van der Waals surface area contributed by atoms with Crippen molar-refractivity contribution in [2.24, 2.45) is 0 Å². The van der Waals surface area contributed by atoms with E-state index in [0.717, 1.165) is 34.1 Å². The molecule has 0 aliphatic carbocycles. The molecule has 7 nitrogen and oxygen atoms in total. The maximum absolute atomic E-state index is 13.7. The molecule has 1 N–H and O–H groups in total. The van der Waals surface area contributed by atoms with Gasteiger partial charge < -0.3 is 24.3 Å². The van der Waals surface area contributed by atoms with Crippen molar-refractivity contribution in [1.29, 1.82) is 0 Å². The summed E-state index contributed by atoms with van der Waals surface area (Å²) in [6.45, 7) is 4.15. The molecule has 2 aromatic carbocycles. The lowest BCUT2D eigenvalue weighted by Gasteiger charge is -2.48. The SMILES string of the molecule is CC[C@@H](C)N1CC(=O)N2[C@@H](c3ccc(OC)c(OC)c3)c3[nH]c4ccccc4c3C[C@H]2C1=O. The number of nitrogens with one attached hydrogen (secondary N) is 1. The first kappa shape index (κ1) is 21.4. The van der Waals surface area contributed by atoms with Crippen LogP contribution in [0.1, 0.15) is 43.1 Å². The second kappa shape index (κ2) is 8.14. The van der Waals surface area contributed by atoms with E-state index in [-0.39, 0.29) is 24.4 Å². The number of H-pyrrole nitrogens is 1. The van der Waals surface area contributed by atoms with Crippen molar-refractivity contribution in [1.82, 2.24) is 14.8 Å². The van der Waals surface area contributed by atoms with Crippen LogP contribution in [0.25, 0.3) is 10.9 Å². The van der Waals surface area contributed by atoms with Gasteiger partial charge in [0.25, 0.3) is 0 Å². The minimum atomic E-state index is -0.537. The molecule has 5 rings (SSSR count). The smallest absolute Gasteiger partial charge is 0.246 e. The number of hydrogen-bond donors (Lipinski definition) is 1. The van der Waals surface area contributed by atoms with Gasteiger partial charge in [-0.1, -0.05) is 31.2 Å². The molecule has 1 fully saturated rings. The number of hydrogen-bond acceptors (Lipinski definition) is 4. The van der Waals surface area contributed by atoms with Crippen LogP contribution in [-0.2, 0) is 16.0 Å². The molecule has 1 saturated heterocycles. The van der Waals surface area contributed by atoms with E-state index in [4.69, 9.17) is 9.47 Å². The second-order valence-corrected chi connectivity index (χ2v) is 8.82. The number of amides is 2. The van der Waals surface area contributed by atoms with Crippen LogP contribution in [0.3, 0.4) is 0 Å². The third kappa shape index (κ3) is 3.25. The summed E-state index contributed by atoms with van der Waals surface area (Å²) in [5, 5.41) is 1.10. The summed E-state index contributed by atoms with van der Waals surface area (Å²) in [5.74, 6) is 1.19. The molecule has 2 aliphatic rings. The summed E-state index contributed by atoms with van der Waals surface area (Å²) in [4.78, 5) is 34.3. The topological polar surface area (TPSA) is 74.9 Å². The molecule has 172 valence electrons. The van der Waals surface area contributed by atoms with Crippen molar-refractivity contribution < 1.29 is 19.1 Å². The maximum Gasteiger partial charge on any atom is 0.246 e. The highest BCUT2D eigenvalue weighted by Crippen LogP contribution is 2.44. The van der Waals surface area contributed by atoms with Crippen molar-refractivity contribution in [3.63, 3.8) is 0 Å². The number of aromatic nitrogens is 1. The number of rotatable bonds is 5. The predicted molar refractivity (Wildman–Crippen MR) is 125 cm³/mol. The van der Waals surface area contributed by atoms with Crippen molar-refractivity contribution in [3.8, 4) is 11.5 Å². The molecular formula is C26H29N3O4. The first-order chi connectivity index (χ1) is 16.0. The van der Waals surface area contributed by atoms with Gasteiger partial charge in [-0.25, -0.2) is 0 Å². The standard InChI is InChI=1S/C26H29N3O4/c1-5-15(2)28-14-23(30)29-20(26(28)31)13-18-17-8-6-7-9-19(17)27-24(18)25(29)16-10-11-21(32-3)22(12-16)33-4/h6-12,15,20,25,27H,5,13-14H2,1-4H3/t15-,20+,25+/m1/s1. The van der Waals surface area contributed by atoms with Gasteiger partial charge >= 0.3 is 0 Å². The Hall–Kier alpha value is -3.48. The normalized spacial score (nSPS) is 21.1. The minimum Gasteiger partial charge on any atom is -0.493 e. The van der Waals surface area contributed by atoms with E-state index in [1.165, 1.54) is 0 Å². The summed E-state index contributed by atoms with van der Waals surface area (Å²) in [7, 11) is 3.19. The maximum atomic E-state index is 13.7. The third-order valence-electron chi connectivity index (χ3n) is 7.14. The molecular weight excluding hydrogens is 418 g/mol. The van der Waals surface area contributed by atoms with Crippen molar-refractivity contribution >= 4 is 22.7 Å². The summed E-state index contributed by atoms with van der Waals surface area (Å²) in [6.07, 6.45) is 1.31. The number of nitrogens with zero attached hydrogens (tertiary/aromatic N) is 2. The molecule has 1 aromatic heterocycles. The van der Waals surface area contributed by atoms with Crippen LogP contribution in [0.4, 0.5) is 0 Å². The number of aromatic amines is 1. The van der Waals surface area contributed by atoms with Gasteiger partial charge in [0.2, 0.25) is 11.8 Å². The van der Waals surface area contributed by atoms with Gasteiger partial charge in [-0.15, -0.1) is 0 Å². The average molecular weight is 448 g/mol. The van der Waals surface area contributed by atoms with Crippen LogP contribution in [-0.4, -0.2) is 59.4 Å². The molecule has 0 bridgehead atoms. The molecule has 7 heteroatoms. The average Bonchev–Trinajstić information content (AvgIpc) is 3.22. The summed E-state index contributed by atoms with van der Waals surface area (Å²) in [6, 6.07) is 12.9. The number of methoxy groups -OCH3 is 2. The Morgan fingerprint density at radius 1 is 1.09 bits per heavy atom. The number of benzene rings is 2. The zero-order chi connectivity index (χ0) is 23.3. The molecule has 33 heavy (non-hydrogen) atoms. The van der Waals surface area contributed by atoms with E-state index in [0.29, 0.717) is 17.9 Å². The van der Waals surface area contributed by atoms with Crippen LogP contribution in [0.2, 0.25) is 0 Å². The van der Waals surface area contributed by atoms with Crippen molar-refractivity contribution in [2.45, 2.75) is 44.8 Å².